The Bertz CT molecular complexity index is 522. The Labute approximate surface area is 119 Å². The first-order chi connectivity index (χ1) is 7.66. The molecule has 16 heavy (non-hydrogen) atoms. The molecular formula is C10H5Br2ClN2S. The molecule has 0 N–H and O–H groups in total. The average molecular weight is 380 g/mol. The van der Waals surface area contributed by atoms with Crippen LogP contribution in [-0.4, -0.2) is 9.97 Å². The smallest absolute Gasteiger partial charge is 0.121 e. The second-order valence-corrected chi connectivity index (χ2v) is 5.99. The maximum absolute atomic E-state index is 6.02. The molecule has 0 aliphatic heterocycles. The third-order valence-electron chi connectivity index (χ3n) is 1.69. The van der Waals surface area contributed by atoms with Crippen molar-refractivity contribution in [3.8, 4) is 0 Å². The van der Waals surface area contributed by atoms with Gasteiger partial charge in [0, 0.05) is 16.9 Å². The van der Waals surface area contributed by atoms with Crippen molar-refractivity contribution in [2.24, 2.45) is 0 Å². The maximum Gasteiger partial charge on any atom is 0.121 e. The normalized spacial score (nSPS) is 10.4. The summed E-state index contributed by atoms with van der Waals surface area (Å²) < 4.78 is 1.84. The quantitative estimate of drug-likeness (QED) is 0.748. The molecule has 2 nitrogen and oxygen atoms in total. The summed E-state index contributed by atoms with van der Waals surface area (Å²) in [6.45, 7) is 0. The average Bonchev–Trinajstić information content (AvgIpc) is 2.25. The lowest BCUT2D eigenvalue weighted by Crippen LogP contribution is -1.85. The molecule has 0 aromatic carbocycles. The van der Waals surface area contributed by atoms with Gasteiger partial charge in [0.2, 0.25) is 0 Å². The Hall–Kier alpha value is -0.100. The first-order valence-corrected chi connectivity index (χ1v) is 7.04. The molecule has 2 aromatic heterocycles. The minimum atomic E-state index is 0.629. The van der Waals surface area contributed by atoms with E-state index in [0.717, 1.165) is 19.0 Å². The first-order valence-electron chi connectivity index (χ1n) is 4.26. The second-order valence-electron chi connectivity index (χ2n) is 2.83. The molecule has 0 aliphatic carbocycles. The number of hydrogen-bond donors (Lipinski definition) is 0. The van der Waals surface area contributed by atoms with Crippen molar-refractivity contribution >= 4 is 55.2 Å². The minimum absolute atomic E-state index is 0.629. The summed E-state index contributed by atoms with van der Waals surface area (Å²) in [7, 11) is 0. The number of aromatic nitrogens is 2. The molecule has 2 heterocycles. The minimum Gasteiger partial charge on any atom is -0.248 e. The van der Waals surface area contributed by atoms with Crippen LogP contribution in [0.5, 0.6) is 0 Å². The molecule has 2 aromatic rings. The molecule has 0 atom stereocenters. The molecule has 0 saturated heterocycles. The number of halogens is 3. The summed E-state index contributed by atoms with van der Waals surface area (Å²) >= 11 is 14.2. The van der Waals surface area contributed by atoms with Gasteiger partial charge in [-0.3, -0.25) is 0 Å². The Balaban J connectivity index is 2.31. The lowest BCUT2D eigenvalue weighted by molar-refractivity contribution is 1.07. The fraction of sp³-hybridized carbons (Fsp3) is 0. The molecule has 0 spiro atoms. The summed E-state index contributed by atoms with van der Waals surface area (Å²) in [6.07, 6.45) is 3.45. The van der Waals surface area contributed by atoms with Gasteiger partial charge in [-0.2, -0.15) is 0 Å². The van der Waals surface area contributed by atoms with Crippen LogP contribution in [0.1, 0.15) is 0 Å². The van der Waals surface area contributed by atoms with Crippen molar-refractivity contribution in [3.05, 3.63) is 44.6 Å². The molecule has 0 saturated carbocycles. The molecule has 0 unspecified atom stereocenters. The number of pyridine rings is 2. The fourth-order valence-corrected chi connectivity index (χ4v) is 3.21. The molecule has 6 heteroatoms. The van der Waals surface area contributed by atoms with E-state index in [1.165, 1.54) is 11.8 Å². The van der Waals surface area contributed by atoms with Gasteiger partial charge >= 0.3 is 0 Å². The Morgan fingerprint density at radius 2 is 2.00 bits per heavy atom. The van der Waals surface area contributed by atoms with E-state index in [4.69, 9.17) is 11.6 Å². The van der Waals surface area contributed by atoms with Gasteiger partial charge in [0.05, 0.1) is 9.50 Å². The largest absolute Gasteiger partial charge is 0.248 e. The summed E-state index contributed by atoms with van der Waals surface area (Å²) in [5.41, 5.74) is 0. The lowest BCUT2D eigenvalue weighted by atomic mass is 10.5. The topological polar surface area (TPSA) is 25.8 Å². The molecular weight excluding hydrogens is 375 g/mol. The van der Waals surface area contributed by atoms with Crippen LogP contribution in [0.15, 0.2) is 49.6 Å². The van der Waals surface area contributed by atoms with Gasteiger partial charge in [-0.25, -0.2) is 9.97 Å². The molecule has 0 amide bonds. The zero-order chi connectivity index (χ0) is 11.5. The third-order valence-corrected chi connectivity index (χ3v) is 4.45. The van der Waals surface area contributed by atoms with Crippen molar-refractivity contribution in [2.75, 3.05) is 0 Å². The third kappa shape index (κ3) is 2.97. The highest BCUT2D eigenvalue weighted by Crippen LogP contribution is 2.34. The predicted molar refractivity (Wildman–Crippen MR) is 73.0 cm³/mol. The van der Waals surface area contributed by atoms with E-state index in [1.807, 2.05) is 12.1 Å². The highest BCUT2D eigenvalue weighted by atomic mass is 79.9. The second kappa shape index (κ2) is 5.49. The molecule has 0 aliphatic rings. The van der Waals surface area contributed by atoms with Crippen LogP contribution >= 0.6 is 55.2 Å². The van der Waals surface area contributed by atoms with E-state index in [1.54, 1.807) is 18.5 Å². The van der Waals surface area contributed by atoms with Crippen LogP contribution in [0.4, 0.5) is 0 Å². The van der Waals surface area contributed by atoms with Gasteiger partial charge in [0.25, 0.3) is 0 Å². The van der Waals surface area contributed by atoms with E-state index in [-0.39, 0.29) is 0 Å². The first kappa shape index (κ1) is 12.4. The van der Waals surface area contributed by atoms with Crippen LogP contribution < -0.4 is 0 Å². The van der Waals surface area contributed by atoms with E-state index < -0.39 is 0 Å². The highest BCUT2D eigenvalue weighted by molar-refractivity contribution is 9.11. The Morgan fingerprint density at radius 3 is 2.69 bits per heavy atom. The summed E-state index contributed by atoms with van der Waals surface area (Å²) in [6, 6.07) is 5.55. The fourth-order valence-electron chi connectivity index (χ4n) is 1.02. The van der Waals surface area contributed by atoms with Gasteiger partial charge < -0.3 is 0 Å². The standard InChI is InChI=1S/C10H5Br2ClN2S/c11-6-4-7(12)9(15-5-6)16-10-8(13)2-1-3-14-10/h1-5H. The van der Waals surface area contributed by atoms with Crippen LogP contribution in [0.3, 0.4) is 0 Å². The predicted octanol–water partition coefficient (Wildman–Crippen LogP) is 4.81. The summed E-state index contributed by atoms with van der Waals surface area (Å²) in [5.74, 6) is 0. The van der Waals surface area contributed by atoms with Crippen molar-refractivity contribution in [1.29, 1.82) is 0 Å². The number of nitrogens with zero attached hydrogens (tertiary/aromatic N) is 2. The van der Waals surface area contributed by atoms with Gasteiger partial charge in [-0.1, -0.05) is 11.6 Å². The molecule has 2 rings (SSSR count). The van der Waals surface area contributed by atoms with Gasteiger partial charge in [0.1, 0.15) is 10.1 Å². The number of hydrogen-bond acceptors (Lipinski definition) is 3. The zero-order valence-corrected chi connectivity index (χ0v) is 12.6. The van der Waals surface area contributed by atoms with Crippen molar-refractivity contribution in [3.63, 3.8) is 0 Å². The van der Waals surface area contributed by atoms with Crippen LogP contribution in [0, 0.1) is 0 Å². The molecule has 82 valence electrons. The van der Waals surface area contributed by atoms with E-state index >= 15 is 0 Å². The van der Waals surface area contributed by atoms with Crippen LogP contribution in [0.25, 0.3) is 0 Å². The molecule has 0 radical (unpaired) electrons. The summed E-state index contributed by atoms with van der Waals surface area (Å²) in [4.78, 5) is 8.48. The van der Waals surface area contributed by atoms with Crippen LogP contribution in [0.2, 0.25) is 5.02 Å². The Kier molecular flexibility index (Phi) is 4.24. The monoisotopic (exact) mass is 378 g/mol. The molecule has 0 fully saturated rings. The summed E-state index contributed by atoms with van der Waals surface area (Å²) in [5, 5.41) is 2.22. The van der Waals surface area contributed by atoms with E-state index in [0.29, 0.717) is 5.02 Å². The highest BCUT2D eigenvalue weighted by Gasteiger charge is 2.08. The van der Waals surface area contributed by atoms with E-state index in [9.17, 15) is 0 Å². The molecule has 0 bridgehead atoms. The van der Waals surface area contributed by atoms with Crippen LogP contribution in [-0.2, 0) is 0 Å². The lowest BCUT2D eigenvalue weighted by Gasteiger charge is -2.04. The van der Waals surface area contributed by atoms with Crippen molar-refractivity contribution < 1.29 is 0 Å². The Morgan fingerprint density at radius 1 is 1.19 bits per heavy atom. The van der Waals surface area contributed by atoms with Crippen molar-refractivity contribution in [2.45, 2.75) is 10.1 Å². The van der Waals surface area contributed by atoms with E-state index in [2.05, 4.69) is 41.8 Å². The van der Waals surface area contributed by atoms with Gasteiger partial charge in [-0.15, -0.1) is 0 Å². The van der Waals surface area contributed by atoms with Gasteiger partial charge in [0.15, 0.2) is 0 Å². The maximum atomic E-state index is 6.02. The van der Waals surface area contributed by atoms with Gasteiger partial charge in [-0.05, 0) is 61.8 Å². The zero-order valence-electron chi connectivity index (χ0n) is 7.82. The number of rotatable bonds is 2. The van der Waals surface area contributed by atoms with Crippen molar-refractivity contribution in [1.82, 2.24) is 9.97 Å². The SMILES string of the molecule is Clc1cccnc1Sc1ncc(Br)cc1Br.